The van der Waals surface area contributed by atoms with Crippen molar-refractivity contribution in [3.8, 4) is 16.9 Å². The second-order valence-corrected chi connectivity index (χ2v) is 7.60. The first kappa shape index (κ1) is 17.0. The van der Waals surface area contributed by atoms with Crippen molar-refractivity contribution < 1.29 is 9.53 Å². The number of rotatable bonds is 3. The van der Waals surface area contributed by atoms with Gasteiger partial charge in [0.25, 0.3) is 0 Å². The zero-order valence-electron chi connectivity index (χ0n) is 16.2. The van der Waals surface area contributed by atoms with E-state index in [1.165, 1.54) is 45.3 Å². The number of carbonyl (C=O) groups excluding carboxylic acids is 1. The molecular weight excluding hydrogens is 344 g/mol. The Morgan fingerprint density at radius 2 is 1.57 bits per heavy atom. The first-order valence-corrected chi connectivity index (χ1v) is 9.94. The minimum atomic E-state index is -0.285. The van der Waals surface area contributed by atoms with E-state index in [9.17, 15) is 4.79 Å². The number of hydrogen-bond acceptors (Lipinski definition) is 2. The Morgan fingerprint density at radius 1 is 0.893 bits per heavy atom. The summed E-state index contributed by atoms with van der Waals surface area (Å²) in [6, 6.07) is 23.5. The third kappa shape index (κ3) is 2.52. The highest BCUT2D eigenvalue weighted by Gasteiger charge is 2.31. The third-order valence-corrected chi connectivity index (χ3v) is 5.81. The van der Waals surface area contributed by atoms with Crippen LogP contribution in [0.2, 0.25) is 0 Å². The van der Waals surface area contributed by atoms with E-state index in [1.54, 1.807) is 0 Å². The van der Waals surface area contributed by atoms with E-state index in [0.717, 1.165) is 18.2 Å². The lowest BCUT2D eigenvalue weighted by atomic mass is 9.88. The van der Waals surface area contributed by atoms with Gasteiger partial charge in [-0.1, -0.05) is 61.9 Å². The molecule has 28 heavy (non-hydrogen) atoms. The summed E-state index contributed by atoms with van der Waals surface area (Å²) >= 11 is 0. The highest BCUT2D eigenvalue weighted by Crippen LogP contribution is 2.52. The molecule has 0 N–H and O–H groups in total. The molecule has 1 aliphatic rings. The molecular formula is C26H22O2. The maximum Gasteiger partial charge on any atom is 0.308 e. The predicted molar refractivity (Wildman–Crippen MR) is 115 cm³/mol. The highest BCUT2D eigenvalue weighted by atomic mass is 16.5. The minimum absolute atomic E-state index is 0.285. The Kier molecular flexibility index (Phi) is 3.94. The molecule has 0 spiro atoms. The lowest BCUT2D eigenvalue weighted by molar-refractivity contribution is -0.131. The van der Waals surface area contributed by atoms with Gasteiger partial charge < -0.3 is 4.74 Å². The van der Waals surface area contributed by atoms with Gasteiger partial charge in [-0.05, 0) is 63.0 Å². The fourth-order valence-electron chi connectivity index (χ4n) is 4.73. The summed E-state index contributed by atoms with van der Waals surface area (Å²) in [4.78, 5) is 11.7. The molecule has 1 unspecified atom stereocenters. The van der Waals surface area contributed by atoms with Gasteiger partial charge in [-0.15, -0.1) is 0 Å². The predicted octanol–water partition coefficient (Wildman–Crippen LogP) is 6.83. The molecule has 0 heterocycles. The normalized spacial score (nSPS) is 14.9. The van der Waals surface area contributed by atoms with Gasteiger partial charge in [-0.3, -0.25) is 4.79 Å². The van der Waals surface area contributed by atoms with Crippen LogP contribution in [0.15, 0.2) is 66.7 Å². The molecule has 0 saturated carbocycles. The molecule has 0 bridgehead atoms. The van der Waals surface area contributed by atoms with Gasteiger partial charge in [0.05, 0.1) is 0 Å². The molecule has 1 atom stereocenters. The van der Waals surface area contributed by atoms with Gasteiger partial charge in [-0.2, -0.15) is 0 Å². The molecule has 138 valence electrons. The van der Waals surface area contributed by atoms with Crippen LogP contribution < -0.4 is 4.74 Å². The van der Waals surface area contributed by atoms with Crippen LogP contribution >= 0.6 is 0 Å². The van der Waals surface area contributed by atoms with Gasteiger partial charge in [0.2, 0.25) is 0 Å². The van der Waals surface area contributed by atoms with Crippen molar-refractivity contribution in [3.05, 3.63) is 77.9 Å². The molecule has 0 amide bonds. The number of benzene rings is 4. The lowest BCUT2D eigenvalue weighted by Gasteiger charge is -2.16. The molecule has 0 aliphatic heterocycles. The fraction of sp³-hybridized carbons (Fsp3) is 0.192. The standard InChI is InChI=1S/C26H22O2/c1-3-8-20-22-13-17-9-4-5-10-18(17)14-23(22)24-15-25(28-16(2)27)19-11-6-7-12-21(19)26(20)24/h4-7,9-15,20H,3,8H2,1-2H3. The summed E-state index contributed by atoms with van der Waals surface area (Å²) in [5.41, 5.74) is 5.24. The average molecular weight is 366 g/mol. The van der Waals surface area contributed by atoms with Crippen molar-refractivity contribution in [2.24, 2.45) is 0 Å². The highest BCUT2D eigenvalue weighted by molar-refractivity contribution is 6.03. The zero-order valence-corrected chi connectivity index (χ0v) is 16.2. The molecule has 4 aromatic rings. The minimum Gasteiger partial charge on any atom is -0.426 e. The Hall–Kier alpha value is -3.13. The first-order chi connectivity index (χ1) is 13.7. The van der Waals surface area contributed by atoms with Crippen LogP contribution in [0.5, 0.6) is 5.75 Å². The van der Waals surface area contributed by atoms with E-state index in [1.807, 2.05) is 6.07 Å². The Balaban J connectivity index is 1.87. The van der Waals surface area contributed by atoms with Gasteiger partial charge in [0.15, 0.2) is 0 Å². The van der Waals surface area contributed by atoms with Crippen LogP contribution in [0, 0.1) is 0 Å². The number of esters is 1. The Bertz CT molecular complexity index is 1240. The summed E-state index contributed by atoms with van der Waals surface area (Å²) in [5, 5.41) is 4.72. The van der Waals surface area contributed by atoms with Crippen LogP contribution in [0.3, 0.4) is 0 Å². The largest absolute Gasteiger partial charge is 0.426 e. The number of ether oxygens (including phenoxy) is 1. The van der Waals surface area contributed by atoms with E-state index < -0.39 is 0 Å². The van der Waals surface area contributed by atoms with E-state index in [-0.39, 0.29) is 5.97 Å². The van der Waals surface area contributed by atoms with Gasteiger partial charge in [-0.25, -0.2) is 0 Å². The smallest absolute Gasteiger partial charge is 0.308 e. The zero-order chi connectivity index (χ0) is 19.3. The quantitative estimate of drug-likeness (QED) is 0.293. The van der Waals surface area contributed by atoms with E-state index in [2.05, 4.69) is 67.6 Å². The van der Waals surface area contributed by atoms with Gasteiger partial charge in [0.1, 0.15) is 5.75 Å². The van der Waals surface area contributed by atoms with E-state index in [4.69, 9.17) is 4.74 Å². The summed E-state index contributed by atoms with van der Waals surface area (Å²) < 4.78 is 5.61. The van der Waals surface area contributed by atoms with Crippen molar-refractivity contribution in [2.45, 2.75) is 32.6 Å². The molecule has 0 saturated heterocycles. The van der Waals surface area contributed by atoms with Crippen LogP contribution in [-0.2, 0) is 4.79 Å². The molecule has 2 nitrogen and oxygen atoms in total. The monoisotopic (exact) mass is 366 g/mol. The number of fused-ring (bicyclic) bond motifs is 6. The van der Waals surface area contributed by atoms with Crippen LogP contribution in [0.1, 0.15) is 43.7 Å². The van der Waals surface area contributed by atoms with Gasteiger partial charge >= 0.3 is 5.97 Å². The number of carbonyl (C=O) groups is 1. The maximum atomic E-state index is 11.7. The van der Waals surface area contributed by atoms with E-state index >= 15 is 0 Å². The lowest BCUT2D eigenvalue weighted by Crippen LogP contribution is -2.03. The summed E-state index contributed by atoms with van der Waals surface area (Å²) in [5.74, 6) is 0.737. The Morgan fingerprint density at radius 3 is 2.29 bits per heavy atom. The van der Waals surface area contributed by atoms with Crippen molar-refractivity contribution in [1.82, 2.24) is 0 Å². The maximum absolute atomic E-state index is 11.7. The number of hydrogen-bond donors (Lipinski definition) is 0. The first-order valence-electron chi connectivity index (χ1n) is 9.94. The van der Waals surface area contributed by atoms with Gasteiger partial charge in [0, 0.05) is 18.2 Å². The van der Waals surface area contributed by atoms with Crippen LogP contribution in [0.25, 0.3) is 32.7 Å². The average Bonchev–Trinajstić information content (AvgIpc) is 2.99. The molecule has 0 fully saturated rings. The Labute approximate surface area is 164 Å². The summed E-state index contributed by atoms with van der Waals surface area (Å²) in [6.45, 7) is 3.71. The second kappa shape index (κ2) is 6.49. The van der Waals surface area contributed by atoms with Crippen molar-refractivity contribution in [1.29, 1.82) is 0 Å². The second-order valence-electron chi connectivity index (χ2n) is 7.60. The molecule has 5 rings (SSSR count). The van der Waals surface area contributed by atoms with E-state index in [0.29, 0.717) is 11.7 Å². The molecule has 1 aliphatic carbocycles. The molecule has 4 aromatic carbocycles. The molecule has 0 radical (unpaired) electrons. The summed E-state index contributed by atoms with van der Waals surface area (Å²) in [7, 11) is 0. The molecule has 0 aromatic heterocycles. The van der Waals surface area contributed by atoms with Crippen molar-refractivity contribution in [2.75, 3.05) is 0 Å². The van der Waals surface area contributed by atoms with Crippen LogP contribution in [-0.4, -0.2) is 5.97 Å². The molecule has 2 heteroatoms. The van der Waals surface area contributed by atoms with Crippen LogP contribution in [0.4, 0.5) is 0 Å². The third-order valence-electron chi connectivity index (χ3n) is 5.81. The van der Waals surface area contributed by atoms with Crippen molar-refractivity contribution >= 4 is 27.5 Å². The topological polar surface area (TPSA) is 26.3 Å². The summed E-state index contributed by atoms with van der Waals surface area (Å²) in [6.07, 6.45) is 2.23. The SMILES string of the molecule is CCCC1c2cc3ccccc3cc2-c2cc(OC(C)=O)c3ccccc3c21. The van der Waals surface area contributed by atoms with Crippen molar-refractivity contribution in [3.63, 3.8) is 0 Å². The fourth-order valence-corrected chi connectivity index (χ4v) is 4.73.